The Hall–Kier alpha value is -1.93. The minimum absolute atomic E-state index is 0.0130. The predicted octanol–water partition coefficient (Wildman–Crippen LogP) is 1.90. The summed E-state index contributed by atoms with van der Waals surface area (Å²) in [7, 11) is -3.77. The molecular formula is C18H21NO5S. The highest BCUT2D eigenvalue weighted by molar-refractivity contribution is 7.89. The molecule has 7 heteroatoms. The van der Waals surface area contributed by atoms with Gasteiger partial charge in [0.1, 0.15) is 11.5 Å². The van der Waals surface area contributed by atoms with Crippen LogP contribution >= 0.6 is 0 Å². The number of aliphatic hydroxyl groups excluding tert-OH is 2. The Morgan fingerprint density at radius 1 is 1.00 bits per heavy atom. The van der Waals surface area contributed by atoms with Gasteiger partial charge in [0, 0.05) is 19.5 Å². The van der Waals surface area contributed by atoms with Gasteiger partial charge in [-0.15, -0.1) is 0 Å². The second-order valence-corrected chi connectivity index (χ2v) is 8.14. The van der Waals surface area contributed by atoms with Gasteiger partial charge in [-0.25, -0.2) is 8.42 Å². The molecule has 2 aromatic rings. The molecule has 1 aliphatic rings. The molecule has 0 spiro atoms. The van der Waals surface area contributed by atoms with Crippen LogP contribution in [0.5, 0.6) is 11.5 Å². The summed E-state index contributed by atoms with van der Waals surface area (Å²) in [4.78, 5) is 0.103. The zero-order chi connectivity index (χ0) is 18.0. The van der Waals surface area contributed by atoms with Crippen molar-refractivity contribution in [1.29, 1.82) is 0 Å². The van der Waals surface area contributed by atoms with Gasteiger partial charge >= 0.3 is 0 Å². The van der Waals surface area contributed by atoms with E-state index < -0.39 is 22.2 Å². The zero-order valence-electron chi connectivity index (χ0n) is 13.9. The second-order valence-electron chi connectivity index (χ2n) is 6.20. The molecule has 0 aliphatic carbocycles. The van der Waals surface area contributed by atoms with E-state index in [0.29, 0.717) is 11.5 Å². The number of β-amino-alcohol motifs (C(OH)–C–C–N with tert-alkyl or cyclic N) is 2. The average molecular weight is 363 g/mol. The van der Waals surface area contributed by atoms with Crippen molar-refractivity contribution >= 4 is 10.0 Å². The van der Waals surface area contributed by atoms with E-state index in [1.54, 1.807) is 12.1 Å². The van der Waals surface area contributed by atoms with Crippen LogP contribution in [0.25, 0.3) is 0 Å². The molecule has 0 bridgehead atoms. The molecule has 0 saturated carbocycles. The first-order chi connectivity index (χ1) is 11.9. The van der Waals surface area contributed by atoms with Crippen LogP contribution in [-0.2, 0) is 10.0 Å². The lowest BCUT2D eigenvalue weighted by Gasteiger charge is -2.32. The normalized spacial score (nSPS) is 21.9. The van der Waals surface area contributed by atoms with Crippen molar-refractivity contribution in [3.8, 4) is 11.5 Å². The van der Waals surface area contributed by atoms with Crippen LogP contribution in [-0.4, -0.2) is 48.2 Å². The fourth-order valence-electron chi connectivity index (χ4n) is 2.83. The third-order valence-electron chi connectivity index (χ3n) is 4.16. The Morgan fingerprint density at radius 3 is 2.20 bits per heavy atom. The lowest BCUT2D eigenvalue weighted by Crippen LogP contribution is -2.48. The molecule has 6 nitrogen and oxygen atoms in total. The minimum atomic E-state index is -3.77. The van der Waals surface area contributed by atoms with Gasteiger partial charge in [-0.1, -0.05) is 18.2 Å². The van der Waals surface area contributed by atoms with E-state index in [1.807, 2.05) is 31.2 Å². The molecule has 25 heavy (non-hydrogen) atoms. The molecule has 2 aromatic carbocycles. The number of sulfonamides is 1. The molecule has 0 aromatic heterocycles. The Bertz CT molecular complexity index is 825. The summed E-state index contributed by atoms with van der Waals surface area (Å²) in [5, 5.41) is 19.4. The smallest absolute Gasteiger partial charge is 0.243 e. The van der Waals surface area contributed by atoms with Gasteiger partial charge in [0.05, 0.1) is 17.1 Å². The summed E-state index contributed by atoms with van der Waals surface area (Å²) in [5.41, 5.74) is 0.982. The number of ether oxygens (including phenoxy) is 1. The molecule has 3 rings (SSSR count). The van der Waals surface area contributed by atoms with E-state index >= 15 is 0 Å². The van der Waals surface area contributed by atoms with Crippen molar-refractivity contribution in [2.75, 3.05) is 13.1 Å². The van der Waals surface area contributed by atoms with Gasteiger partial charge in [0.15, 0.2) is 0 Å². The third-order valence-corrected chi connectivity index (χ3v) is 6.00. The number of rotatable bonds is 4. The lowest BCUT2D eigenvalue weighted by molar-refractivity contribution is 0.0213. The summed E-state index contributed by atoms with van der Waals surface area (Å²) in [5.74, 6) is 1.24. The topological polar surface area (TPSA) is 87.1 Å². The zero-order valence-corrected chi connectivity index (χ0v) is 14.7. The SMILES string of the molecule is Cc1ccccc1Oc1ccc(S(=O)(=O)N2C[C@H](O)C[C@@H](O)C2)cc1. The van der Waals surface area contributed by atoms with Gasteiger partial charge in [-0.3, -0.25) is 0 Å². The summed E-state index contributed by atoms with van der Waals surface area (Å²) in [6.45, 7) is 1.91. The Morgan fingerprint density at radius 2 is 1.60 bits per heavy atom. The number of aryl methyl sites for hydroxylation is 1. The van der Waals surface area contributed by atoms with Crippen LogP contribution in [0.4, 0.5) is 0 Å². The second kappa shape index (κ2) is 7.13. The lowest BCUT2D eigenvalue weighted by atomic mass is 10.1. The maximum absolute atomic E-state index is 12.7. The number of piperidine rings is 1. The molecule has 1 fully saturated rings. The first-order valence-electron chi connectivity index (χ1n) is 8.06. The molecule has 1 saturated heterocycles. The van der Waals surface area contributed by atoms with Crippen molar-refractivity contribution in [3.05, 3.63) is 54.1 Å². The molecule has 134 valence electrons. The first-order valence-corrected chi connectivity index (χ1v) is 9.50. The van der Waals surface area contributed by atoms with Crippen LogP contribution in [0.1, 0.15) is 12.0 Å². The summed E-state index contributed by atoms with van der Waals surface area (Å²) in [6.07, 6.45) is -1.53. The van der Waals surface area contributed by atoms with Crippen LogP contribution in [0.2, 0.25) is 0 Å². The Balaban J connectivity index is 1.78. The van der Waals surface area contributed by atoms with Crippen molar-refractivity contribution in [2.45, 2.75) is 30.4 Å². The number of nitrogens with zero attached hydrogens (tertiary/aromatic N) is 1. The van der Waals surface area contributed by atoms with E-state index in [1.165, 1.54) is 12.1 Å². The van der Waals surface area contributed by atoms with Crippen molar-refractivity contribution in [2.24, 2.45) is 0 Å². The van der Waals surface area contributed by atoms with Crippen LogP contribution in [0, 0.1) is 6.92 Å². The summed E-state index contributed by atoms with van der Waals surface area (Å²) in [6, 6.07) is 13.7. The molecule has 2 atom stereocenters. The maximum atomic E-state index is 12.7. The fraction of sp³-hybridized carbons (Fsp3) is 0.333. The van der Waals surface area contributed by atoms with Crippen LogP contribution < -0.4 is 4.74 Å². The van der Waals surface area contributed by atoms with E-state index in [4.69, 9.17) is 4.74 Å². The Kier molecular flexibility index (Phi) is 5.10. The van der Waals surface area contributed by atoms with Crippen LogP contribution in [0.15, 0.2) is 53.4 Å². The molecule has 2 N–H and O–H groups in total. The quantitative estimate of drug-likeness (QED) is 0.866. The van der Waals surface area contributed by atoms with Gasteiger partial charge in [0.2, 0.25) is 10.0 Å². The van der Waals surface area contributed by atoms with Gasteiger partial charge in [-0.05, 0) is 42.8 Å². The van der Waals surface area contributed by atoms with Crippen LogP contribution in [0.3, 0.4) is 0 Å². The molecule has 1 heterocycles. The highest BCUT2D eigenvalue weighted by Crippen LogP contribution is 2.27. The van der Waals surface area contributed by atoms with Crippen molar-refractivity contribution < 1.29 is 23.4 Å². The third kappa shape index (κ3) is 4.01. The molecular weight excluding hydrogens is 342 g/mol. The average Bonchev–Trinajstić information content (AvgIpc) is 2.56. The van der Waals surface area contributed by atoms with E-state index in [-0.39, 0.29) is 24.4 Å². The number of para-hydroxylation sites is 1. The number of hydrogen-bond acceptors (Lipinski definition) is 5. The number of hydrogen-bond donors (Lipinski definition) is 2. The first kappa shape index (κ1) is 17.9. The molecule has 0 radical (unpaired) electrons. The molecule has 0 unspecified atom stereocenters. The number of benzene rings is 2. The fourth-order valence-corrected chi connectivity index (χ4v) is 4.35. The predicted molar refractivity (Wildman–Crippen MR) is 93.1 cm³/mol. The van der Waals surface area contributed by atoms with Gasteiger partial charge in [0.25, 0.3) is 0 Å². The van der Waals surface area contributed by atoms with Gasteiger partial charge in [-0.2, -0.15) is 4.31 Å². The van der Waals surface area contributed by atoms with E-state index in [2.05, 4.69) is 0 Å². The standard InChI is InChI=1S/C18H21NO5S/c1-13-4-2-3-5-18(13)24-16-6-8-17(9-7-16)25(22,23)19-11-14(20)10-15(21)12-19/h2-9,14-15,20-21H,10-12H2,1H3/t14-,15-/m1/s1. The summed E-state index contributed by atoms with van der Waals surface area (Å²) >= 11 is 0. The van der Waals surface area contributed by atoms with Crippen molar-refractivity contribution in [3.63, 3.8) is 0 Å². The van der Waals surface area contributed by atoms with Gasteiger partial charge < -0.3 is 14.9 Å². The Labute approximate surface area is 147 Å². The van der Waals surface area contributed by atoms with E-state index in [0.717, 1.165) is 9.87 Å². The highest BCUT2D eigenvalue weighted by atomic mass is 32.2. The monoisotopic (exact) mass is 363 g/mol. The maximum Gasteiger partial charge on any atom is 0.243 e. The summed E-state index contributed by atoms with van der Waals surface area (Å²) < 4.78 is 32.2. The highest BCUT2D eigenvalue weighted by Gasteiger charge is 2.33. The van der Waals surface area contributed by atoms with E-state index in [9.17, 15) is 18.6 Å². The number of aliphatic hydroxyl groups is 2. The largest absolute Gasteiger partial charge is 0.457 e. The van der Waals surface area contributed by atoms with Crippen molar-refractivity contribution in [1.82, 2.24) is 4.31 Å². The molecule has 0 amide bonds. The molecule has 1 aliphatic heterocycles. The minimum Gasteiger partial charge on any atom is -0.457 e.